The van der Waals surface area contributed by atoms with Gasteiger partial charge in [0.05, 0.1) is 5.03 Å². The summed E-state index contributed by atoms with van der Waals surface area (Å²) in [7, 11) is 0. The van der Waals surface area contributed by atoms with Gasteiger partial charge in [0.2, 0.25) is 0 Å². The Bertz CT molecular complexity index is 318. The molecular weight excluding hydrogens is 172 g/mol. The number of rotatable bonds is 1. The van der Waals surface area contributed by atoms with Crippen LogP contribution in [0.4, 0.5) is 5.69 Å². The van der Waals surface area contributed by atoms with Gasteiger partial charge >= 0.3 is 0 Å². The van der Waals surface area contributed by atoms with Crippen molar-refractivity contribution in [2.45, 2.75) is 6.92 Å². The summed E-state index contributed by atoms with van der Waals surface area (Å²) in [5.74, 6) is 0. The van der Waals surface area contributed by atoms with Crippen molar-refractivity contribution in [3.8, 4) is 0 Å². The Hall–Kier alpha value is -1.15. The van der Waals surface area contributed by atoms with Crippen molar-refractivity contribution >= 4 is 22.3 Å². The summed E-state index contributed by atoms with van der Waals surface area (Å²) in [5, 5.41) is 0.483. The van der Waals surface area contributed by atoms with Crippen LogP contribution in [0.2, 0.25) is 0 Å². The lowest BCUT2D eigenvalue weighted by Crippen LogP contribution is -1.95. The van der Waals surface area contributed by atoms with Crippen molar-refractivity contribution in [3.63, 3.8) is 0 Å². The molecule has 0 aliphatic rings. The maximum atomic E-state index is 5.82. The minimum absolute atomic E-state index is 0.483. The quantitative estimate of drug-likeness (QED) is 0.654. The summed E-state index contributed by atoms with van der Waals surface area (Å²) in [4.78, 5) is 0. The van der Waals surface area contributed by atoms with Crippen molar-refractivity contribution < 1.29 is 0 Å². The van der Waals surface area contributed by atoms with Crippen LogP contribution in [0.5, 0.6) is 0 Å². The number of hydrogen-bond acceptors (Lipinski definition) is 2. The van der Waals surface area contributed by atoms with Crippen molar-refractivity contribution in [1.29, 1.82) is 0 Å². The predicted octanol–water partition coefficient (Wildman–Crippen LogP) is 2.07. The lowest BCUT2D eigenvalue weighted by molar-refractivity contribution is 1.45. The van der Waals surface area contributed by atoms with Gasteiger partial charge in [0, 0.05) is 17.5 Å². The molecule has 0 unspecified atom stereocenters. The highest BCUT2D eigenvalue weighted by atomic mass is 35.5. The van der Waals surface area contributed by atoms with E-state index < -0.39 is 0 Å². The molecule has 0 saturated heterocycles. The molecule has 0 atom stereocenters. The first kappa shape index (κ1) is 8.94. The highest BCUT2D eigenvalue weighted by Gasteiger charge is 2.03. The molecule has 3 heteroatoms. The number of halogens is 1. The molecule has 12 heavy (non-hydrogen) atoms. The van der Waals surface area contributed by atoms with Crippen LogP contribution < -0.4 is 11.5 Å². The molecule has 0 aromatic heterocycles. The van der Waals surface area contributed by atoms with Crippen molar-refractivity contribution in [2.24, 2.45) is 5.73 Å². The Balaban J connectivity index is 3.26. The lowest BCUT2D eigenvalue weighted by Gasteiger charge is -2.05. The lowest BCUT2D eigenvalue weighted by atomic mass is 10.1. The van der Waals surface area contributed by atoms with Gasteiger partial charge < -0.3 is 11.5 Å². The van der Waals surface area contributed by atoms with E-state index in [1.54, 1.807) is 0 Å². The zero-order valence-corrected chi connectivity index (χ0v) is 7.60. The average Bonchev–Trinajstić information content (AvgIpc) is 2.08. The van der Waals surface area contributed by atoms with Crippen LogP contribution in [0.25, 0.3) is 5.03 Å². The number of aryl methyl sites for hydroxylation is 1. The molecular formula is C9H11ClN2. The number of nitrogens with two attached hydrogens (primary N) is 2. The van der Waals surface area contributed by atoms with Crippen LogP contribution in [-0.4, -0.2) is 0 Å². The molecule has 0 amide bonds. The van der Waals surface area contributed by atoms with Gasteiger partial charge in [-0.3, -0.25) is 0 Å². The number of para-hydroxylation sites is 1. The monoisotopic (exact) mass is 182 g/mol. The van der Waals surface area contributed by atoms with E-state index in [0.29, 0.717) is 10.7 Å². The molecule has 0 aliphatic heterocycles. The van der Waals surface area contributed by atoms with E-state index in [1.165, 1.54) is 6.20 Å². The van der Waals surface area contributed by atoms with Crippen molar-refractivity contribution in [1.82, 2.24) is 0 Å². The molecule has 2 nitrogen and oxygen atoms in total. The van der Waals surface area contributed by atoms with E-state index >= 15 is 0 Å². The van der Waals surface area contributed by atoms with Gasteiger partial charge in [-0.05, 0) is 12.5 Å². The maximum absolute atomic E-state index is 5.82. The molecule has 0 aliphatic carbocycles. The molecule has 0 bridgehead atoms. The molecule has 0 heterocycles. The minimum atomic E-state index is 0.483. The van der Waals surface area contributed by atoms with Gasteiger partial charge in [-0.25, -0.2) is 0 Å². The molecule has 4 N–H and O–H groups in total. The van der Waals surface area contributed by atoms with E-state index in [9.17, 15) is 0 Å². The molecule has 1 aromatic rings. The second-order valence-corrected chi connectivity index (χ2v) is 2.96. The smallest absolute Gasteiger partial charge is 0.0653 e. The largest absolute Gasteiger partial charge is 0.403 e. The highest BCUT2D eigenvalue weighted by Crippen LogP contribution is 2.25. The van der Waals surface area contributed by atoms with Crippen LogP contribution >= 0.6 is 11.6 Å². The van der Waals surface area contributed by atoms with Gasteiger partial charge in [-0.15, -0.1) is 0 Å². The van der Waals surface area contributed by atoms with E-state index in [0.717, 1.165) is 11.1 Å². The predicted molar refractivity (Wildman–Crippen MR) is 53.6 cm³/mol. The Morgan fingerprint density at radius 2 is 2.17 bits per heavy atom. The average molecular weight is 183 g/mol. The first-order valence-corrected chi connectivity index (χ1v) is 3.97. The normalized spacial score (nSPS) is 11.7. The summed E-state index contributed by atoms with van der Waals surface area (Å²) in [5.41, 5.74) is 13.5. The van der Waals surface area contributed by atoms with Crippen molar-refractivity contribution in [3.05, 3.63) is 35.5 Å². The number of benzene rings is 1. The van der Waals surface area contributed by atoms with Gasteiger partial charge in [0.25, 0.3) is 0 Å². The van der Waals surface area contributed by atoms with Gasteiger partial charge in [0.15, 0.2) is 0 Å². The second kappa shape index (κ2) is 3.50. The van der Waals surface area contributed by atoms with Crippen molar-refractivity contribution in [2.75, 3.05) is 5.73 Å². The summed E-state index contributed by atoms with van der Waals surface area (Å²) in [6.45, 7) is 1.93. The third-order valence-corrected chi connectivity index (χ3v) is 2.06. The van der Waals surface area contributed by atoms with Crippen LogP contribution in [0.1, 0.15) is 11.1 Å². The molecule has 0 radical (unpaired) electrons. The Morgan fingerprint density at radius 1 is 1.50 bits per heavy atom. The number of nitrogen functional groups attached to an aromatic ring is 1. The molecule has 0 fully saturated rings. The third kappa shape index (κ3) is 1.53. The van der Waals surface area contributed by atoms with E-state index in [4.69, 9.17) is 23.1 Å². The zero-order chi connectivity index (χ0) is 9.14. The molecule has 0 spiro atoms. The first-order chi connectivity index (χ1) is 5.66. The zero-order valence-electron chi connectivity index (χ0n) is 6.84. The summed E-state index contributed by atoms with van der Waals surface area (Å²) < 4.78 is 0. The van der Waals surface area contributed by atoms with Gasteiger partial charge in [-0.2, -0.15) is 0 Å². The van der Waals surface area contributed by atoms with Crippen LogP contribution in [0.15, 0.2) is 24.4 Å². The summed E-state index contributed by atoms with van der Waals surface area (Å²) >= 11 is 5.82. The fourth-order valence-corrected chi connectivity index (χ4v) is 1.14. The molecule has 0 saturated carbocycles. The fraction of sp³-hybridized carbons (Fsp3) is 0.111. The standard InChI is InChI=1S/C9H11ClN2/c1-6-3-2-4-7(9(6)12)8(10)5-11/h2-5H,11-12H2,1H3/b8-5+. The van der Waals surface area contributed by atoms with E-state index in [1.807, 2.05) is 25.1 Å². The third-order valence-electron chi connectivity index (χ3n) is 1.73. The summed E-state index contributed by atoms with van der Waals surface area (Å²) in [6, 6.07) is 5.67. The van der Waals surface area contributed by atoms with Gasteiger partial charge in [-0.1, -0.05) is 29.8 Å². The van der Waals surface area contributed by atoms with E-state index in [2.05, 4.69) is 0 Å². The van der Waals surface area contributed by atoms with E-state index in [-0.39, 0.29) is 0 Å². The fourth-order valence-electron chi connectivity index (χ4n) is 0.979. The van der Waals surface area contributed by atoms with Gasteiger partial charge in [0.1, 0.15) is 0 Å². The number of anilines is 1. The van der Waals surface area contributed by atoms with Crippen LogP contribution in [-0.2, 0) is 0 Å². The van der Waals surface area contributed by atoms with Crippen LogP contribution in [0, 0.1) is 6.92 Å². The second-order valence-electron chi connectivity index (χ2n) is 2.55. The maximum Gasteiger partial charge on any atom is 0.0653 e. The summed E-state index contributed by atoms with van der Waals surface area (Å²) in [6.07, 6.45) is 1.34. The first-order valence-electron chi connectivity index (χ1n) is 3.59. The topological polar surface area (TPSA) is 52.0 Å². The Labute approximate surface area is 76.8 Å². The van der Waals surface area contributed by atoms with Crippen LogP contribution in [0.3, 0.4) is 0 Å². The molecule has 1 rings (SSSR count). The number of hydrogen-bond donors (Lipinski definition) is 2. The Kier molecular flexibility index (Phi) is 2.61. The Morgan fingerprint density at radius 3 is 2.75 bits per heavy atom. The molecule has 64 valence electrons. The highest BCUT2D eigenvalue weighted by molar-refractivity contribution is 6.49. The molecule has 1 aromatic carbocycles. The minimum Gasteiger partial charge on any atom is -0.403 e. The SMILES string of the molecule is Cc1cccc(/C(Cl)=C\N)c1N.